The Balaban J connectivity index is 1.39. The van der Waals surface area contributed by atoms with Gasteiger partial charge in [-0.25, -0.2) is 9.97 Å². The zero-order valence-corrected chi connectivity index (χ0v) is 16.0. The van der Waals surface area contributed by atoms with Crippen LogP contribution in [0.25, 0.3) is 11.0 Å². The van der Waals surface area contributed by atoms with Crippen LogP contribution in [-0.4, -0.2) is 34.1 Å². The van der Waals surface area contributed by atoms with E-state index in [0.717, 1.165) is 21.7 Å². The van der Waals surface area contributed by atoms with Gasteiger partial charge in [0.2, 0.25) is 5.95 Å². The molecule has 0 aliphatic carbocycles. The van der Waals surface area contributed by atoms with Crippen molar-refractivity contribution in [1.29, 1.82) is 0 Å². The van der Waals surface area contributed by atoms with Gasteiger partial charge < -0.3 is 14.5 Å². The Labute approximate surface area is 170 Å². The predicted molar refractivity (Wildman–Crippen MR) is 110 cm³/mol. The van der Waals surface area contributed by atoms with Crippen LogP contribution in [0.15, 0.2) is 70.7 Å². The number of fused-ring (bicyclic) bond motifs is 2. The van der Waals surface area contributed by atoms with Crippen LogP contribution in [0.3, 0.4) is 0 Å². The summed E-state index contributed by atoms with van der Waals surface area (Å²) in [4.78, 5) is 25.7. The van der Waals surface area contributed by atoms with Crippen LogP contribution in [0.2, 0.25) is 0 Å². The smallest absolute Gasteiger partial charge is 0.260 e. The summed E-state index contributed by atoms with van der Waals surface area (Å²) in [5, 5.41) is 3.42. The van der Waals surface area contributed by atoms with Crippen LogP contribution in [0, 0.1) is 0 Å². The van der Waals surface area contributed by atoms with E-state index in [9.17, 15) is 4.79 Å². The highest BCUT2D eigenvalue weighted by Gasteiger charge is 2.17. The van der Waals surface area contributed by atoms with Gasteiger partial charge in [0.25, 0.3) is 5.91 Å². The van der Waals surface area contributed by atoms with Gasteiger partial charge in [0, 0.05) is 11.1 Å². The number of nitrogens with one attached hydrogen (secondary N) is 2. The van der Waals surface area contributed by atoms with E-state index in [-0.39, 0.29) is 5.91 Å². The Morgan fingerprint density at radius 3 is 2.79 bits per heavy atom. The number of pyridine rings is 1. The van der Waals surface area contributed by atoms with Crippen molar-refractivity contribution in [2.45, 2.75) is 9.92 Å². The predicted octanol–water partition coefficient (Wildman–Crippen LogP) is 4.13. The molecule has 5 rings (SSSR count). The Bertz CT molecular complexity index is 1170. The van der Waals surface area contributed by atoms with E-state index in [1.807, 2.05) is 42.5 Å². The van der Waals surface area contributed by atoms with Crippen LogP contribution in [-0.2, 0) is 0 Å². The molecule has 1 amide bonds. The number of rotatable bonds is 4. The number of hydrogen-bond donors (Lipinski definition) is 2. The number of carbonyl (C=O) groups excluding carboxylic acids is 1. The van der Waals surface area contributed by atoms with E-state index >= 15 is 0 Å². The number of H-pyrrole nitrogens is 1. The van der Waals surface area contributed by atoms with Crippen molar-refractivity contribution in [3.05, 3.63) is 66.4 Å². The molecule has 1 aliphatic heterocycles. The molecular weight excluding hydrogens is 388 g/mol. The van der Waals surface area contributed by atoms with Crippen LogP contribution in [0.5, 0.6) is 11.5 Å². The first kappa shape index (κ1) is 17.6. The summed E-state index contributed by atoms with van der Waals surface area (Å²) >= 11 is 1.39. The number of nitrogens with zero attached hydrogens (tertiary/aromatic N) is 2. The lowest BCUT2D eigenvalue weighted by molar-refractivity contribution is 0.102. The molecule has 0 atom stereocenters. The first-order valence-electron chi connectivity index (χ1n) is 9.05. The van der Waals surface area contributed by atoms with Gasteiger partial charge in [-0.05, 0) is 42.5 Å². The van der Waals surface area contributed by atoms with Crippen LogP contribution < -0.4 is 14.8 Å². The van der Waals surface area contributed by atoms with Crippen LogP contribution in [0.4, 0.5) is 5.95 Å². The molecule has 0 unspecified atom stereocenters. The number of aromatic nitrogens is 3. The number of ether oxygens (including phenoxy) is 2. The molecular formula is C21H16N4O3S. The number of imidazole rings is 1. The lowest BCUT2D eigenvalue weighted by atomic mass is 10.3. The third kappa shape index (κ3) is 3.62. The number of carbonyl (C=O) groups is 1. The van der Waals surface area contributed by atoms with E-state index in [1.54, 1.807) is 18.3 Å². The summed E-state index contributed by atoms with van der Waals surface area (Å²) < 4.78 is 11.2. The quantitative estimate of drug-likeness (QED) is 0.532. The van der Waals surface area contributed by atoms with Crippen LogP contribution in [0.1, 0.15) is 10.4 Å². The summed E-state index contributed by atoms with van der Waals surface area (Å²) in [6.45, 7) is 1.07. The molecule has 7 nitrogen and oxygen atoms in total. The summed E-state index contributed by atoms with van der Waals surface area (Å²) in [5.41, 5.74) is 2.12. The Morgan fingerprint density at radius 1 is 1.03 bits per heavy atom. The summed E-state index contributed by atoms with van der Waals surface area (Å²) in [7, 11) is 0. The highest BCUT2D eigenvalue weighted by molar-refractivity contribution is 7.99. The van der Waals surface area contributed by atoms with Gasteiger partial charge in [-0.1, -0.05) is 23.9 Å². The molecule has 2 aromatic carbocycles. The monoisotopic (exact) mass is 404 g/mol. The average Bonchev–Trinajstić information content (AvgIpc) is 3.16. The molecule has 8 heteroatoms. The molecule has 0 bridgehead atoms. The van der Waals surface area contributed by atoms with Crippen molar-refractivity contribution < 1.29 is 14.3 Å². The van der Waals surface area contributed by atoms with E-state index in [2.05, 4.69) is 20.3 Å². The third-order valence-corrected chi connectivity index (χ3v) is 5.37. The fraction of sp³-hybridized carbons (Fsp3) is 0.0952. The van der Waals surface area contributed by atoms with Gasteiger partial charge in [0.1, 0.15) is 18.2 Å². The first-order valence-corrected chi connectivity index (χ1v) is 9.86. The Hall–Kier alpha value is -3.52. The summed E-state index contributed by atoms with van der Waals surface area (Å²) in [6.07, 6.45) is 1.66. The van der Waals surface area contributed by atoms with E-state index in [1.165, 1.54) is 11.8 Å². The van der Waals surface area contributed by atoms with Crippen molar-refractivity contribution >= 4 is 34.7 Å². The minimum absolute atomic E-state index is 0.280. The molecule has 2 aromatic heterocycles. The zero-order chi connectivity index (χ0) is 19.6. The second kappa shape index (κ2) is 7.48. The minimum atomic E-state index is -0.280. The number of benzene rings is 2. The van der Waals surface area contributed by atoms with Gasteiger partial charge in [0.05, 0.1) is 16.6 Å². The highest BCUT2D eigenvalue weighted by atomic mass is 32.2. The van der Waals surface area contributed by atoms with Gasteiger partial charge >= 0.3 is 0 Å². The van der Waals surface area contributed by atoms with Crippen molar-refractivity contribution in [3.8, 4) is 11.5 Å². The molecule has 0 saturated heterocycles. The van der Waals surface area contributed by atoms with Crippen LogP contribution >= 0.6 is 11.8 Å². The lowest BCUT2D eigenvalue weighted by Crippen LogP contribution is -2.15. The standard InChI is InChI=1S/C21H16N4O3S/c26-19(25-21-23-15-5-1-2-6-16(15)24-21)14-4-3-9-22-20(14)29-13-7-8-17-18(12-13)28-11-10-27-17/h1-9,12H,10-11H2,(H2,23,24,25,26). The van der Waals surface area contributed by atoms with Gasteiger partial charge in [-0.2, -0.15) is 0 Å². The number of hydrogen-bond acceptors (Lipinski definition) is 6. The van der Waals surface area contributed by atoms with Crippen molar-refractivity contribution in [2.75, 3.05) is 18.5 Å². The molecule has 0 spiro atoms. The number of para-hydroxylation sites is 2. The van der Waals surface area contributed by atoms with Crippen molar-refractivity contribution in [2.24, 2.45) is 0 Å². The zero-order valence-electron chi connectivity index (χ0n) is 15.2. The molecule has 0 radical (unpaired) electrons. The average molecular weight is 404 g/mol. The maximum absolute atomic E-state index is 12.9. The number of anilines is 1. The molecule has 4 aromatic rings. The van der Waals surface area contributed by atoms with E-state index in [0.29, 0.717) is 35.5 Å². The first-order chi connectivity index (χ1) is 14.3. The molecule has 2 N–H and O–H groups in total. The SMILES string of the molecule is O=C(Nc1nc2ccccc2[nH]1)c1cccnc1Sc1ccc2c(c1)OCCO2. The molecule has 0 fully saturated rings. The van der Waals surface area contributed by atoms with Crippen molar-refractivity contribution in [1.82, 2.24) is 15.0 Å². The van der Waals surface area contributed by atoms with Gasteiger partial charge in [0.15, 0.2) is 11.5 Å². The Morgan fingerprint density at radius 2 is 1.90 bits per heavy atom. The molecule has 3 heterocycles. The van der Waals surface area contributed by atoms with E-state index < -0.39 is 0 Å². The maximum Gasteiger partial charge on any atom is 0.260 e. The minimum Gasteiger partial charge on any atom is -0.486 e. The Kier molecular flexibility index (Phi) is 4.53. The van der Waals surface area contributed by atoms with Crippen molar-refractivity contribution in [3.63, 3.8) is 0 Å². The van der Waals surface area contributed by atoms with Gasteiger partial charge in [-0.15, -0.1) is 0 Å². The molecule has 29 heavy (non-hydrogen) atoms. The molecule has 1 aliphatic rings. The second-order valence-electron chi connectivity index (χ2n) is 6.32. The summed E-state index contributed by atoms with van der Waals surface area (Å²) in [5.74, 6) is 1.54. The highest BCUT2D eigenvalue weighted by Crippen LogP contribution is 2.37. The largest absolute Gasteiger partial charge is 0.486 e. The molecule has 0 saturated carbocycles. The normalized spacial score (nSPS) is 12.7. The third-order valence-electron chi connectivity index (χ3n) is 4.37. The summed E-state index contributed by atoms with van der Waals surface area (Å²) in [6, 6.07) is 16.8. The maximum atomic E-state index is 12.9. The number of amides is 1. The molecule has 144 valence electrons. The second-order valence-corrected chi connectivity index (χ2v) is 7.38. The fourth-order valence-corrected chi connectivity index (χ4v) is 3.94. The van der Waals surface area contributed by atoms with Gasteiger partial charge in [-0.3, -0.25) is 10.1 Å². The number of aromatic amines is 1. The topological polar surface area (TPSA) is 89.1 Å². The van der Waals surface area contributed by atoms with E-state index in [4.69, 9.17) is 9.47 Å². The lowest BCUT2D eigenvalue weighted by Gasteiger charge is -2.18. The fourth-order valence-electron chi connectivity index (χ4n) is 3.03.